The topological polar surface area (TPSA) is 146 Å². The van der Waals surface area contributed by atoms with Gasteiger partial charge in [0, 0.05) is 23.7 Å². The maximum atomic E-state index is 12.8. The number of phenols is 2. The van der Waals surface area contributed by atoms with Crippen molar-refractivity contribution in [2.45, 2.75) is 0 Å². The largest absolute Gasteiger partial charge is 0.504 e. The maximum Gasteiger partial charge on any atom is 0.315 e. The summed E-state index contributed by atoms with van der Waals surface area (Å²) in [6.45, 7) is 0. The molecule has 0 aliphatic heterocycles. The van der Waals surface area contributed by atoms with E-state index >= 15 is 0 Å². The van der Waals surface area contributed by atoms with Crippen molar-refractivity contribution in [3.8, 4) is 17.6 Å². The number of nitriles is 1. The average Bonchev–Trinajstić information content (AvgIpc) is 2.68. The van der Waals surface area contributed by atoms with E-state index in [9.17, 15) is 35.2 Å². The van der Waals surface area contributed by atoms with E-state index in [0.29, 0.717) is 5.52 Å². The van der Waals surface area contributed by atoms with Gasteiger partial charge in [-0.3, -0.25) is 24.3 Å². The number of phenolic OH excluding ortho intramolecular Hbond substituents is 2. The van der Waals surface area contributed by atoms with Crippen LogP contribution in [-0.4, -0.2) is 25.6 Å². The Morgan fingerprint density at radius 2 is 1.93 bits per heavy atom. The minimum atomic E-state index is -0.918. The summed E-state index contributed by atoms with van der Waals surface area (Å²) in [5.74, 6) is -2.45. The van der Waals surface area contributed by atoms with Gasteiger partial charge in [0.05, 0.1) is 10.4 Å². The molecule has 1 aromatic heterocycles. The summed E-state index contributed by atoms with van der Waals surface area (Å²) in [4.78, 5) is 34.8. The molecule has 0 bridgehead atoms. The Bertz CT molecular complexity index is 1270. The molecule has 0 unspecified atom stereocenters. The van der Waals surface area contributed by atoms with Crippen molar-refractivity contribution in [3.05, 3.63) is 80.1 Å². The van der Waals surface area contributed by atoms with Crippen LogP contribution in [0.5, 0.6) is 11.5 Å². The number of nitrogens with zero attached hydrogens (tertiary/aromatic N) is 3. The second kappa shape index (κ2) is 7.05. The molecule has 0 amide bonds. The van der Waals surface area contributed by atoms with Gasteiger partial charge in [0.2, 0.25) is 5.75 Å². The summed E-state index contributed by atoms with van der Waals surface area (Å²) in [5.41, 5.74) is -1.20. The minimum absolute atomic E-state index is 0.0303. The van der Waals surface area contributed by atoms with Crippen molar-refractivity contribution in [1.29, 1.82) is 5.26 Å². The standard InChI is InChI=1S/C19H11N3O6/c20-10-12(7-11-8-15(22(27)28)18(25)17(24)9-11)19(26)21-6-5-16(23)13-3-1-2-4-14(13)21/h1-9,24-25H/b12-7+. The summed E-state index contributed by atoms with van der Waals surface area (Å²) in [6, 6.07) is 11.1. The molecular weight excluding hydrogens is 366 g/mol. The molecule has 9 nitrogen and oxygen atoms in total. The number of aromatic nitrogens is 1. The molecule has 28 heavy (non-hydrogen) atoms. The highest BCUT2D eigenvalue weighted by Crippen LogP contribution is 2.36. The summed E-state index contributed by atoms with van der Waals surface area (Å²) in [7, 11) is 0. The number of para-hydroxylation sites is 1. The van der Waals surface area contributed by atoms with Crippen molar-refractivity contribution in [3.63, 3.8) is 0 Å². The summed E-state index contributed by atoms with van der Waals surface area (Å²) < 4.78 is 1.11. The fraction of sp³-hybridized carbons (Fsp3) is 0. The van der Waals surface area contributed by atoms with Crippen LogP contribution in [0.25, 0.3) is 17.0 Å². The number of rotatable bonds is 3. The highest BCUT2D eigenvalue weighted by Gasteiger charge is 2.20. The van der Waals surface area contributed by atoms with Crippen LogP contribution in [0.1, 0.15) is 10.4 Å². The second-order valence-corrected chi connectivity index (χ2v) is 5.71. The van der Waals surface area contributed by atoms with Crippen LogP contribution in [0.2, 0.25) is 0 Å². The normalized spacial score (nSPS) is 11.2. The molecule has 2 N–H and O–H groups in total. The molecule has 3 rings (SSSR count). The first-order valence-electron chi connectivity index (χ1n) is 7.80. The number of hydrogen-bond acceptors (Lipinski definition) is 7. The van der Waals surface area contributed by atoms with Crippen LogP contribution in [0.4, 0.5) is 5.69 Å². The molecular formula is C19H11N3O6. The lowest BCUT2D eigenvalue weighted by atomic mass is 10.1. The molecule has 0 atom stereocenters. The predicted molar refractivity (Wildman–Crippen MR) is 98.9 cm³/mol. The Morgan fingerprint density at radius 3 is 2.61 bits per heavy atom. The van der Waals surface area contributed by atoms with Crippen LogP contribution in [0.15, 0.2) is 59.0 Å². The number of nitro benzene ring substituents is 1. The molecule has 9 heteroatoms. The first-order valence-corrected chi connectivity index (χ1v) is 7.80. The monoisotopic (exact) mass is 377 g/mol. The number of carbonyl (C=O) groups excluding carboxylic acids is 1. The van der Waals surface area contributed by atoms with E-state index in [1.165, 1.54) is 12.3 Å². The van der Waals surface area contributed by atoms with Gasteiger partial charge in [-0.15, -0.1) is 0 Å². The third-order valence-corrected chi connectivity index (χ3v) is 3.97. The number of pyridine rings is 1. The smallest absolute Gasteiger partial charge is 0.315 e. The fourth-order valence-electron chi connectivity index (χ4n) is 2.67. The van der Waals surface area contributed by atoms with Gasteiger partial charge in [0.15, 0.2) is 11.2 Å². The zero-order chi connectivity index (χ0) is 20.4. The van der Waals surface area contributed by atoms with Crippen molar-refractivity contribution >= 4 is 28.6 Å². The first kappa shape index (κ1) is 18.3. The Balaban J connectivity index is 2.14. The lowest BCUT2D eigenvalue weighted by Crippen LogP contribution is -2.16. The quantitative estimate of drug-likeness (QED) is 0.234. The highest BCUT2D eigenvalue weighted by atomic mass is 16.6. The van der Waals surface area contributed by atoms with Crippen molar-refractivity contribution in [2.75, 3.05) is 0 Å². The van der Waals surface area contributed by atoms with Crippen LogP contribution in [0.3, 0.4) is 0 Å². The van der Waals surface area contributed by atoms with E-state index < -0.39 is 33.6 Å². The van der Waals surface area contributed by atoms with Gasteiger partial charge in [0.1, 0.15) is 11.6 Å². The fourth-order valence-corrected chi connectivity index (χ4v) is 2.67. The van der Waals surface area contributed by atoms with Crippen LogP contribution in [0, 0.1) is 21.4 Å². The van der Waals surface area contributed by atoms with E-state index in [2.05, 4.69) is 0 Å². The number of hydrogen-bond donors (Lipinski definition) is 2. The zero-order valence-corrected chi connectivity index (χ0v) is 14.1. The van der Waals surface area contributed by atoms with Crippen molar-refractivity contribution < 1.29 is 19.9 Å². The molecule has 0 fully saturated rings. The van der Waals surface area contributed by atoms with Crippen LogP contribution >= 0.6 is 0 Å². The van der Waals surface area contributed by atoms with E-state index in [0.717, 1.165) is 22.8 Å². The van der Waals surface area contributed by atoms with E-state index in [4.69, 9.17) is 0 Å². The minimum Gasteiger partial charge on any atom is -0.504 e. The Morgan fingerprint density at radius 1 is 1.21 bits per heavy atom. The van der Waals surface area contributed by atoms with Crippen LogP contribution < -0.4 is 5.43 Å². The molecule has 138 valence electrons. The number of nitro groups is 1. The molecule has 0 radical (unpaired) electrons. The number of fused-ring (bicyclic) bond motifs is 1. The summed E-state index contributed by atoms with van der Waals surface area (Å²) >= 11 is 0. The van der Waals surface area contributed by atoms with Gasteiger partial charge in [-0.2, -0.15) is 5.26 Å². The predicted octanol–water partition coefficient (Wildman–Crippen LogP) is 2.57. The maximum absolute atomic E-state index is 12.8. The SMILES string of the molecule is N#C/C(=C\c1cc(O)c(O)c([N+](=O)[O-])c1)C(=O)n1ccc(=O)c2ccccc21. The molecule has 0 aliphatic rings. The molecule has 0 saturated carbocycles. The number of allylic oxidation sites excluding steroid dienone is 1. The van der Waals surface area contributed by atoms with Gasteiger partial charge in [-0.25, -0.2) is 0 Å². The third-order valence-electron chi connectivity index (χ3n) is 3.97. The molecule has 3 aromatic rings. The molecule has 0 saturated heterocycles. The van der Waals surface area contributed by atoms with Gasteiger partial charge in [-0.1, -0.05) is 12.1 Å². The first-order chi connectivity index (χ1) is 13.3. The summed E-state index contributed by atoms with van der Waals surface area (Å²) in [5, 5.41) is 39.8. The van der Waals surface area contributed by atoms with Gasteiger partial charge < -0.3 is 10.2 Å². The highest BCUT2D eigenvalue weighted by molar-refractivity contribution is 6.06. The number of carbonyl (C=O) groups is 1. The number of aromatic hydroxyl groups is 2. The Labute approximate surface area is 156 Å². The molecule has 0 spiro atoms. The van der Waals surface area contributed by atoms with Crippen molar-refractivity contribution in [2.24, 2.45) is 0 Å². The number of benzene rings is 2. The molecule has 0 aliphatic carbocycles. The lowest BCUT2D eigenvalue weighted by molar-refractivity contribution is -0.386. The van der Waals surface area contributed by atoms with Gasteiger partial charge in [-0.05, 0) is 29.8 Å². The summed E-state index contributed by atoms with van der Waals surface area (Å²) in [6.07, 6.45) is 2.27. The van der Waals surface area contributed by atoms with Crippen molar-refractivity contribution in [1.82, 2.24) is 4.57 Å². The zero-order valence-electron chi connectivity index (χ0n) is 14.1. The lowest BCUT2D eigenvalue weighted by Gasteiger charge is -2.08. The molecule has 1 heterocycles. The average molecular weight is 377 g/mol. The second-order valence-electron chi connectivity index (χ2n) is 5.71. The van der Waals surface area contributed by atoms with Crippen LogP contribution in [-0.2, 0) is 0 Å². The Kier molecular flexibility index (Phi) is 4.62. The van der Waals surface area contributed by atoms with E-state index in [1.807, 2.05) is 0 Å². The van der Waals surface area contributed by atoms with E-state index in [1.54, 1.807) is 30.3 Å². The van der Waals surface area contributed by atoms with Gasteiger partial charge >= 0.3 is 5.69 Å². The Hall–Kier alpha value is -4.45. The van der Waals surface area contributed by atoms with E-state index in [-0.39, 0.29) is 16.4 Å². The van der Waals surface area contributed by atoms with Gasteiger partial charge in [0.25, 0.3) is 5.91 Å². The third kappa shape index (κ3) is 3.17. The molecule has 2 aromatic carbocycles.